The molecule has 13 heteroatoms. The third-order valence-electron chi connectivity index (χ3n) is 5.21. The molecule has 1 aromatic heterocycles. The predicted octanol–water partition coefficient (Wildman–Crippen LogP) is 2.77. The number of fused-ring (bicyclic) bond motifs is 1. The van der Waals surface area contributed by atoms with Gasteiger partial charge in [0.05, 0.1) is 23.9 Å². The van der Waals surface area contributed by atoms with Crippen LogP contribution >= 0.6 is 22.9 Å². The molecule has 10 nitrogen and oxygen atoms in total. The summed E-state index contributed by atoms with van der Waals surface area (Å²) in [5, 5.41) is 20.4. The number of aromatic nitrogens is 2. The molecule has 32 heavy (non-hydrogen) atoms. The van der Waals surface area contributed by atoms with Gasteiger partial charge in [0.2, 0.25) is 11.0 Å². The van der Waals surface area contributed by atoms with Gasteiger partial charge in [0.25, 0.3) is 0 Å². The Labute approximate surface area is 193 Å². The molecule has 0 amide bonds. The number of ether oxygens (including phenoxy) is 1. The number of nitrogens with one attached hydrogen (secondary N) is 2. The Morgan fingerprint density at radius 2 is 1.97 bits per heavy atom. The highest BCUT2D eigenvalue weighted by molar-refractivity contribution is 7.17. The lowest BCUT2D eigenvalue weighted by atomic mass is 10.0. The lowest BCUT2D eigenvalue weighted by molar-refractivity contribution is -0.141. The van der Waals surface area contributed by atoms with E-state index >= 15 is 0 Å². The van der Waals surface area contributed by atoms with E-state index in [0.29, 0.717) is 28.5 Å². The lowest BCUT2D eigenvalue weighted by Gasteiger charge is -2.23. The van der Waals surface area contributed by atoms with Gasteiger partial charge in [-0.25, -0.2) is 9.92 Å². The third kappa shape index (κ3) is 5.56. The second-order valence-electron chi connectivity index (χ2n) is 7.29. The number of rotatable bonds is 5. The first-order chi connectivity index (χ1) is 15.4. The standard InChI is InChI=1S/C15H15ClFN7S.C4H9NO2/c16-11-2-1-10(17)3-12(11)23-4-8-6-24(7-9(8)5-23)15-22-21-14(25-15)13(18)20-19;1-2-7-4(6)3-5/h1-3,8-9,18-19H,4-7H2;2-3,5H2,1H3. The maximum atomic E-state index is 13.5. The van der Waals surface area contributed by atoms with Gasteiger partial charge in [0, 0.05) is 38.0 Å². The molecule has 3 heterocycles. The van der Waals surface area contributed by atoms with Crippen LogP contribution in [0.25, 0.3) is 0 Å². The van der Waals surface area contributed by atoms with Crippen molar-refractivity contribution in [3.05, 3.63) is 34.0 Å². The number of nitrogens with two attached hydrogens (primary N) is 1. The number of esters is 1. The minimum Gasteiger partial charge on any atom is -0.465 e. The molecule has 2 atom stereocenters. The van der Waals surface area contributed by atoms with E-state index in [-0.39, 0.29) is 24.2 Å². The summed E-state index contributed by atoms with van der Waals surface area (Å²) in [7, 11) is 0. The van der Waals surface area contributed by atoms with Crippen molar-refractivity contribution >= 4 is 45.6 Å². The van der Waals surface area contributed by atoms with Crippen LogP contribution < -0.4 is 15.5 Å². The summed E-state index contributed by atoms with van der Waals surface area (Å²) in [5.74, 6) is 0.110. The average molecular weight is 483 g/mol. The molecule has 2 aromatic rings. The maximum absolute atomic E-state index is 13.5. The SMILES string of the molecule is CCOC(=O)CN.N=NC(=N)c1nnc(N2CC3CN(c4cc(F)ccc4Cl)CC3C2)s1. The first-order valence-corrected chi connectivity index (χ1v) is 11.2. The highest BCUT2D eigenvalue weighted by Gasteiger charge is 2.41. The smallest absolute Gasteiger partial charge is 0.319 e. The van der Waals surface area contributed by atoms with E-state index in [1.54, 1.807) is 13.0 Å². The molecular weight excluding hydrogens is 459 g/mol. The number of carbonyl (C=O) groups excluding carboxylic acids is 1. The van der Waals surface area contributed by atoms with E-state index in [1.807, 2.05) is 0 Å². The highest BCUT2D eigenvalue weighted by Crippen LogP contribution is 2.39. The Hall–Kier alpha value is -2.70. The molecule has 1 aromatic carbocycles. The van der Waals surface area contributed by atoms with Crippen molar-refractivity contribution in [2.45, 2.75) is 6.92 Å². The van der Waals surface area contributed by atoms with E-state index in [2.05, 4.69) is 29.8 Å². The summed E-state index contributed by atoms with van der Waals surface area (Å²) in [5.41, 5.74) is 12.5. The van der Waals surface area contributed by atoms with Crippen molar-refractivity contribution in [3.8, 4) is 0 Å². The summed E-state index contributed by atoms with van der Waals surface area (Å²) in [6, 6.07) is 4.47. The largest absolute Gasteiger partial charge is 0.465 e. The Kier molecular flexibility index (Phi) is 8.04. The van der Waals surface area contributed by atoms with Crippen molar-refractivity contribution in [2.24, 2.45) is 22.7 Å². The highest BCUT2D eigenvalue weighted by atomic mass is 35.5. The monoisotopic (exact) mass is 482 g/mol. The van der Waals surface area contributed by atoms with Crippen LogP contribution in [0.3, 0.4) is 0 Å². The van der Waals surface area contributed by atoms with Gasteiger partial charge in [-0.3, -0.25) is 10.2 Å². The van der Waals surface area contributed by atoms with Gasteiger partial charge in [0.1, 0.15) is 5.82 Å². The second-order valence-corrected chi connectivity index (χ2v) is 8.65. The Morgan fingerprint density at radius 3 is 2.53 bits per heavy atom. The Bertz CT molecular complexity index is 976. The van der Waals surface area contributed by atoms with Crippen LogP contribution in [0.1, 0.15) is 11.9 Å². The van der Waals surface area contributed by atoms with Gasteiger partial charge in [-0.05, 0) is 25.1 Å². The number of hydrogen-bond donors (Lipinski definition) is 3. The lowest BCUT2D eigenvalue weighted by Crippen LogP contribution is -2.28. The summed E-state index contributed by atoms with van der Waals surface area (Å²) in [6.45, 7) is 5.47. The zero-order valence-corrected chi connectivity index (χ0v) is 19.0. The number of hydrogen-bond acceptors (Lipinski definition) is 10. The molecule has 0 aliphatic carbocycles. The molecule has 4 rings (SSSR count). The number of halogens is 2. The maximum Gasteiger partial charge on any atom is 0.319 e. The van der Waals surface area contributed by atoms with Crippen LogP contribution in [0.5, 0.6) is 0 Å². The van der Waals surface area contributed by atoms with Gasteiger partial charge in [0.15, 0.2) is 5.01 Å². The normalized spacial score (nSPS) is 19.2. The minimum absolute atomic E-state index is 0.0200. The van der Waals surface area contributed by atoms with Gasteiger partial charge < -0.3 is 20.3 Å². The fourth-order valence-corrected chi connectivity index (χ4v) is 4.77. The Balaban J connectivity index is 0.000000360. The molecule has 2 unspecified atom stereocenters. The molecule has 2 fully saturated rings. The van der Waals surface area contributed by atoms with Crippen LogP contribution in [-0.2, 0) is 9.53 Å². The zero-order valence-electron chi connectivity index (χ0n) is 17.4. The van der Waals surface area contributed by atoms with E-state index in [4.69, 9.17) is 28.3 Å². The molecule has 2 aliphatic rings. The summed E-state index contributed by atoms with van der Waals surface area (Å²) in [6.07, 6.45) is 0. The van der Waals surface area contributed by atoms with Crippen LogP contribution in [-0.4, -0.2) is 61.3 Å². The molecular formula is C19H24ClFN8O2S. The number of carbonyl (C=O) groups is 1. The molecule has 0 saturated carbocycles. The van der Waals surface area contributed by atoms with Crippen LogP contribution in [0.15, 0.2) is 23.3 Å². The predicted molar refractivity (Wildman–Crippen MR) is 120 cm³/mol. The quantitative estimate of drug-likeness (QED) is 0.257. The summed E-state index contributed by atoms with van der Waals surface area (Å²) >= 11 is 7.51. The Morgan fingerprint density at radius 1 is 1.31 bits per heavy atom. The molecule has 2 saturated heterocycles. The number of anilines is 2. The summed E-state index contributed by atoms with van der Waals surface area (Å²) in [4.78, 5) is 14.4. The van der Waals surface area contributed by atoms with Crippen molar-refractivity contribution in [3.63, 3.8) is 0 Å². The molecule has 4 N–H and O–H groups in total. The molecule has 2 aliphatic heterocycles. The van der Waals surface area contributed by atoms with Gasteiger partial charge in [-0.2, -0.15) is 0 Å². The number of benzene rings is 1. The topological polar surface area (TPSA) is 145 Å². The van der Waals surface area contributed by atoms with Crippen molar-refractivity contribution < 1.29 is 13.9 Å². The van der Waals surface area contributed by atoms with Crippen molar-refractivity contribution in [1.82, 2.24) is 10.2 Å². The van der Waals surface area contributed by atoms with Crippen LogP contribution in [0, 0.1) is 28.6 Å². The zero-order chi connectivity index (χ0) is 23.3. The summed E-state index contributed by atoms with van der Waals surface area (Å²) < 4.78 is 18.0. The van der Waals surface area contributed by atoms with Crippen molar-refractivity contribution in [1.29, 1.82) is 10.9 Å². The van der Waals surface area contributed by atoms with Crippen LogP contribution in [0.2, 0.25) is 5.02 Å². The van der Waals surface area contributed by atoms with E-state index in [0.717, 1.165) is 37.0 Å². The first-order valence-electron chi connectivity index (χ1n) is 9.96. The first kappa shape index (κ1) is 24.0. The number of nitrogens with zero attached hydrogens (tertiary/aromatic N) is 5. The molecule has 172 valence electrons. The fourth-order valence-electron chi connectivity index (χ4n) is 3.78. The van der Waals surface area contributed by atoms with Gasteiger partial charge >= 0.3 is 5.97 Å². The molecule has 0 radical (unpaired) electrons. The molecule has 0 bridgehead atoms. The van der Waals surface area contributed by atoms with E-state index in [1.165, 1.54) is 23.5 Å². The number of amidine groups is 1. The second kappa shape index (κ2) is 10.7. The van der Waals surface area contributed by atoms with E-state index < -0.39 is 0 Å². The van der Waals surface area contributed by atoms with Crippen LogP contribution in [0.4, 0.5) is 15.2 Å². The fraction of sp³-hybridized carbons (Fsp3) is 0.474. The average Bonchev–Trinajstić information content (AvgIpc) is 3.50. The van der Waals surface area contributed by atoms with E-state index in [9.17, 15) is 9.18 Å². The molecule has 0 spiro atoms. The third-order valence-corrected chi connectivity index (χ3v) is 6.52. The van der Waals surface area contributed by atoms with Crippen molar-refractivity contribution in [2.75, 3.05) is 49.1 Å². The van der Waals surface area contributed by atoms with Gasteiger partial charge in [-0.1, -0.05) is 22.9 Å². The van der Waals surface area contributed by atoms with Gasteiger partial charge in [-0.15, -0.1) is 15.3 Å². The minimum atomic E-state index is -0.345.